The zero-order valence-electron chi connectivity index (χ0n) is 15.4. The molecule has 0 aliphatic carbocycles. The number of ether oxygens (including phenoxy) is 3. The van der Waals surface area contributed by atoms with E-state index in [0.29, 0.717) is 37.2 Å². The molecule has 0 amide bonds. The van der Waals surface area contributed by atoms with Crippen molar-refractivity contribution in [2.45, 2.75) is 38.5 Å². The third-order valence-electron chi connectivity index (χ3n) is 4.30. The molecule has 1 atom stereocenters. The molecule has 0 radical (unpaired) electrons. The molecule has 2 aromatic heterocycles. The van der Waals surface area contributed by atoms with E-state index < -0.39 is 0 Å². The molecule has 1 saturated heterocycles. The number of likely N-dealkylation sites (tertiary alicyclic amines) is 1. The standard InChI is InChI=1S/C18H26N4O4/c1-23-13-18-20-16(21-26-18)8-10-25-15-6-4-9-22(12-15)11-14-5-3-7-17(19-14)24-2/h3,5,7,15H,4,6,8-13H2,1-2H3. The largest absolute Gasteiger partial charge is 0.481 e. The maximum absolute atomic E-state index is 6.03. The summed E-state index contributed by atoms with van der Waals surface area (Å²) in [7, 11) is 3.24. The topological polar surface area (TPSA) is 82.7 Å². The van der Waals surface area contributed by atoms with Crippen LogP contribution in [0.25, 0.3) is 0 Å². The van der Waals surface area contributed by atoms with Crippen molar-refractivity contribution in [3.63, 3.8) is 0 Å². The van der Waals surface area contributed by atoms with Crippen LogP contribution in [0.2, 0.25) is 0 Å². The summed E-state index contributed by atoms with van der Waals surface area (Å²) in [5.74, 6) is 1.81. The average molecular weight is 362 g/mol. The van der Waals surface area contributed by atoms with Gasteiger partial charge in [0.2, 0.25) is 5.88 Å². The molecule has 3 rings (SSSR count). The molecule has 0 N–H and O–H groups in total. The number of hydrogen-bond donors (Lipinski definition) is 0. The summed E-state index contributed by atoms with van der Waals surface area (Å²) in [6.07, 6.45) is 3.05. The second-order valence-corrected chi connectivity index (χ2v) is 6.33. The SMILES string of the molecule is COCc1nc(CCOC2CCCN(Cc3cccc(OC)n3)C2)no1. The Bertz CT molecular complexity index is 679. The van der Waals surface area contributed by atoms with Crippen molar-refractivity contribution in [2.75, 3.05) is 33.9 Å². The van der Waals surface area contributed by atoms with Crippen molar-refractivity contribution in [1.82, 2.24) is 20.0 Å². The Morgan fingerprint density at radius 3 is 3.04 bits per heavy atom. The molecular weight excluding hydrogens is 336 g/mol. The highest BCUT2D eigenvalue weighted by molar-refractivity contribution is 5.15. The Morgan fingerprint density at radius 1 is 1.27 bits per heavy atom. The minimum absolute atomic E-state index is 0.222. The quantitative estimate of drug-likeness (QED) is 0.668. The summed E-state index contributed by atoms with van der Waals surface area (Å²) in [5.41, 5.74) is 1.02. The van der Waals surface area contributed by atoms with E-state index in [4.69, 9.17) is 18.7 Å². The van der Waals surface area contributed by atoms with Gasteiger partial charge in [0.1, 0.15) is 6.61 Å². The van der Waals surface area contributed by atoms with Gasteiger partial charge in [0, 0.05) is 32.7 Å². The first-order valence-corrected chi connectivity index (χ1v) is 8.91. The van der Waals surface area contributed by atoms with Crippen LogP contribution in [-0.2, 0) is 29.0 Å². The maximum atomic E-state index is 6.03. The average Bonchev–Trinajstić information content (AvgIpc) is 3.10. The van der Waals surface area contributed by atoms with E-state index in [1.54, 1.807) is 14.2 Å². The van der Waals surface area contributed by atoms with Gasteiger partial charge in [0.15, 0.2) is 5.82 Å². The highest BCUT2D eigenvalue weighted by Gasteiger charge is 2.21. The number of methoxy groups -OCH3 is 2. The Balaban J connectivity index is 1.42. The Morgan fingerprint density at radius 2 is 2.19 bits per heavy atom. The smallest absolute Gasteiger partial charge is 0.252 e. The number of nitrogens with zero attached hydrogens (tertiary/aromatic N) is 4. The van der Waals surface area contributed by atoms with Gasteiger partial charge in [-0.25, -0.2) is 4.98 Å². The van der Waals surface area contributed by atoms with E-state index in [0.717, 1.165) is 38.2 Å². The molecule has 26 heavy (non-hydrogen) atoms. The van der Waals surface area contributed by atoms with E-state index in [-0.39, 0.29) is 6.10 Å². The van der Waals surface area contributed by atoms with Crippen LogP contribution in [0.1, 0.15) is 30.3 Å². The van der Waals surface area contributed by atoms with Crippen LogP contribution < -0.4 is 4.74 Å². The number of pyridine rings is 1. The van der Waals surface area contributed by atoms with Gasteiger partial charge >= 0.3 is 0 Å². The van der Waals surface area contributed by atoms with Gasteiger partial charge in [0.25, 0.3) is 5.89 Å². The summed E-state index contributed by atoms with van der Waals surface area (Å²) in [6.45, 7) is 3.69. The third-order valence-corrected chi connectivity index (χ3v) is 4.30. The first-order valence-electron chi connectivity index (χ1n) is 8.91. The van der Waals surface area contributed by atoms with Gasteiger partial charge in [-0.15, -0.1) is 0 Å². The molecular formula is C18H26N4O4. The molecule has 2 aromatic rings. The molecule has 0 aromatic carbocycles. The molecule has 0 spiro atoms. The van der Waals surface area contributed by atoms with Crippen LogP contribution in [0.4, 0.5) is 0 Å². The van der Waals surface area contributed by atoms with Gasteiger partial charge in [-0.1, -0.05) is 11.2 Å². The molecule has 0 bridgehead atoms. The summed E-state index contributed by atoms with van der Waals surface area (Å²) < 4.78 is 21.3. The number of hydrogen-bond acceptors (Lipinski definition) is 8. The van der Waals surface area contributed by atoms with E-state index in [9.17, 15) is 0 Å². The third kappa shape index (κ3) is 5.48. The highest BCUT2D eigenvalue weighted by atomic mass is 16.5. The Kier molecular flexibility index (Phi) is 6.93. The Hall–Kier alpha value is -2.03. The predicted molar refractivity (Wildman–Crippen MR) is 93.8 cm³/mol. The van der Waals surface area contributed by atoms with Crippen LogP contribution in [0.5, 0.6) is 5.88 Å². The van der Waals surface area contributed by atoms with E-state index in [1.165, 1.54) is 0 Å². The summed E-state index contributed by atoms with van der Waals surface area (Å²) >= 11 is 0. The molecule has 1 aliphatic heterocycles. The highest BCUT2D eigenvalue weighted by Crippen LogP contribution is 2.17. The van der Waals surface area contributed by atoms with E-state index in [1.807, 2.05) is 18.2 Å². The molecule has 1 fully saturated rings. The summed E-state index contributed by atoms with van der Waals surface area (Å²) in [4.78, 5) is 11.1. The molecule has 0 saturated carbocycles. The van der Waals surface area contributed by atoms with E-state index >= 15 is 0 Å². The fourth-order valence-corrected chi connectivity index (χ4v) is 3.07. The Labute approximate surface area is 153 Å². The normalized spacial score (nSPS) is 18.2. The van der Waals surface area contributed by atoms with Crippen molar-refractivity contribution in [3.8, 4) is 5.88 Å². The maximum Gasteiger partial charge on any atom is 0.252 e. The van der Waals surface area contributed by atoms with Crippen molar-refractivity contribution in [2.24, 2.45) is 0 Å². The fraction of sp³-hybridized carbons (Fsp3) is 0.611. The van der Waals surface area contributed by atoms with Crippen molar-refractivity contribution < 1.29 is 18.7 Å². The van der Waals surface area contributed by atoms with Gasteiger partial charge < -0.3 is 18.7 Å². The number of rotatable bonds is 9. The van der Waals surface area contributed by atoms with Crippen LogP contribution in [-0.4, -0.2) is 60.0 Å². The van der Waals surface area contributed by atoms with E-state index in [2.05, 4.69) is 20.0 Å². The lowest BCUT2D eigenvalue weighted by Gasteiger charge is -2.32. The summed E-state index contributed by atoms with van der Waals surface area (Å²) in [6, 6.07) is 5.87. The fourth-order valence-electron chi connectivity index (χ4n) is 3.07. The lowest BCUT2D eigenvalue weighted by molar-refractivity contribution is -0.00207. The number of aromatic nitrogens is 3. The zero-order chi connectivity index (χ0) is 18.2. The van der Waals surface area contributed by atoms with Gasteiger partial charge in [-0.05, 0) is 25.5 Å². The molecule has 8 nitrogen and oxygen atoms in total. The molecule has 3 heterocycles. The first kappa shape index (κ1) is 18.8. The molecule has 8 heteroatoms. The second-order valence-electron chi connectivity index (χ2n) is 6.33. The van der Waals surface area contributed by atoms with Gasteiger partial charge in [-0.3, -0.25) is 4.90 Å². The van der Waals surface area contributed by atoms with Crippen LogP contribution >= 0.6 is 0 Å². The van der Waals surface area contributed by atoms with Gasteiger partial charge in [0.05, 0.1) is 25.5 Å². The van der Waals surface area contributed by atoms with Crippen LogP contribution in [0, 0.1) is 0 Å². The van der Waals surface area contributed by atoms with Crippen LogP contribution in [0.15, 0.2) is 22.7 Å². The molecule has 1 unspecified atom stereocenters. The van der Waals surface area contributed by atoms with Crippen molar-refractivity contribution in [3.05, 3.63) is 35.6 Å². The van der Waals surface area contributed by atoms with Gasteiger partial charge in [-0.2, -0.15) is 4.98 Å². The monoisotopic (exact) mass is 362 g/mol. The molecule has 1 aliphatic rings. The number of piperidine rings is 1. The minimum Gasteiger partial charge on any atom is -0.481 e. The van der Waals surface area contributed by atoms with Crippen molar-refractivity contribution >= 4 is 0 Å². The summed E-state index contributed by atoms with van der Waals surface area (Å²) in [5, 5.41) is 3.93. The lowest BCUT2D eigenvalue weighted by atomic mass is 10.1. The second kappa shape index (κ2) is 9.61. The van der Waals surface area contributed by atoms with Crippen molar-refractivity contribution in [1.29, 1.82) is 0 Å². The first-order chi connectivity index (χ1) is 12.8. The zero-order valence-corrected chi connectivity index (χ0v) is 15.4. The molecule has 142 valence electrons. The lowest BCUT2D eigenvalue weighted by Crippen LogP contribution is -2.39. The van der Waals surface area contributed by atoms with Crippen LogP contribution in [0.3, 0.4) is 0 Å². The predicted octanol–water partition coefficient (Wildman–Crippen LogP) is 1.84. The minimum atomic E-state index is 0.222.